The number of alkyl halides is 2. The largest absolute Gasteiger partial charge is 0.481 e. The highest BCUT2D eigenvalue weighted by atomic mass is 35.5. The molecule has 0 aliphatic heterocycles. The first-order chi connectivity index (χ1) is 7.27. The number of aliphatic carboxylic acids is 1. The average Bonchev–Trinajstić information content (AvgIpc) is 2.88. The van der Waals surface area contributed by atoms with E-state index in [1.807, 2.05) is 13.8 Å². The molecule has 0 aromatic rings. The minimum atomic E-state index is -0.817. The summed E-state index contributed by atoms with van der Waals surface area (Å²) in [5.41, 5.74) is -0.249. The van der Waals surface area contributed by atoms with E-state index in [1.165, 1.54) is 0 Å². The summed E-state index contributed by atoms with van der Waals surface area (Å²) in [7, 11) is 0. The molecule has 2 rings (SSSR count). The van der Waals surface area contributed by atoms with Gasteiger partial charge >= 0.3 is 5.97 Å². The second kappa shape index (κ2) is 3.50. The molecule has 2 unspecified atom stereocenters. The maximum atomic E-state index is 10.9. The van der Waals surface area contributed by atoms with Crippen molar-refractivity contribution in [1.29, 1.82) is 0 Å². The normalized spacial score (nSPS) is 38.4. The number of carboxylic acid groups (broad SMARTS) is 1. The van der Waals surface area contributed by atoms with Crippen LogP contribution in [0.5, 0.6) is 0 Å². The summed E-state index contributed by atoms with van der Waals surface area (Å²) < 4.78 is -0.817. The Labute approximate surface area is 104 Å². The van der Waals surface area contributed by atoms with Gasteiger partial charge in [-0.15, -0.1) is 0 Å². The zero-order valence-electron chi connectivity index (χ0n) is 8.98. The van der Waals surface area contributed by atoms with Crippen LogP contribution < -0.4 is 0 Å². The average molecular weight is 266 g/mol. The van der Waals surface area contributed by atoms with Gasteiger partial charge < -0.3 is 9.94 Å². The number of hydrogen-bond acceptors (Lipinski definition) is 3. The fourth-order valence-corrected chi connectivity index (χ4v) is 2.26. The van der Waals surface area contributed by atoms with Crippen LogP contribution in [0.1, 0.15) is 20.3 Å². The molecule has 2 aliphatic rings. The number of carbonyl (C=O) groups is 1. The van der Waals surface area contributed by atoms with Gasteiger partial charge in [0.2, 0.25) is 0 Å². The molecule has 3 atom stereocenters. The zero-order valence-corrected chi connectivity index (χ0v) is 10.5. The molecule has 1 N–H and O–H groups in total. The van der Waals surface area contributed by atoms with Crippen molar-refractivity contribution in [2.75, 3.05) is 0 Å². The van der Waals surface area contributed by atoms with Crippen LogP contribution in [0.3, 0.4) is 0 Å². The summed E-state index contributed by atoms with van der Waals surface area (Å²) >= 11 is 11.5. The lowest BCUT2D eigenvalue weighted by atomic mass is 10.1. The molecule has 0 bridgehead atoms. The van der Waals surface area contributed by atoms with Gasteiger partial charge in [0, 0.05) is 18.6 Å². The Hall–Kier alpha value is -0.480. The van der Waals surface area contributed by atoms with Crippen molar-refractivity contribution in [3.63, 3.8) is 0 Å². The molecule has 0 amide bonds. The Balaban J connectivity index is 1.83. The lowest BCUT2D eigenvalue weighted by molar-refractivity contribution is -0.139. The van der Waals surface area contributed by atoms with Crippen molar-refractivity contribution in [2.24, 2.45) is 22.4 Å². The molecule has 0 aromatic carbocycles. The number of halogens is 2. The topological polar surface area (TPSA) is 58.9 Å². The highest BCUT2D eigenvalue weighted by Gasteiger charge is 2.61. The van der Waals surface area contributed by atoms with Crippen molar-refractivity contribution in [3.8, 4) is 0 Å². The molecule has 0 spiro atoms. The Morgan fingerprint density at radius 1 is 1.56 bits per heavy atom. The van der Waals surface area contributed by atoms with Crippen LogP contribution in [0.4, 0.5) is 0 Å². The summed E-state index contributed by atoms with van der Waals surface area (Å²) in [6.07, 6.45) is 1.84. The van der Waals surface area contributed by atoms with Crippen molar-refractivity contribution in [1.82, 2.24) is 0 Å². The Morgan fingerprint density at radius 3 is 2.50 bits per heavy atom. The molecule has 2 aliphatic carbocycles. The van der Waals surface area contributed by atoms with E-state index in [0.29, 0.717) is 6.42 Å². The van der Waals surface area contributed by atoms with E-state index in [2.05, 4.69) is 5.16 Å². The second-order valence-corrected chi connectivity index (χ2v) is 6.52. The smallest absolute Gasteiger partial charge is 0.307 e. The van der Waals surface area contributed by atoms with E-state index < -0.39 is 10.3 Å². The first-order valence-electron chi connectivity index (χ1n) is 5.07. The molecule has 90 valence electrons. The number of nitrogens with zero attached hydrogens (tertiary/aromatic N) is 1. The van der Waals surface area contributed by atoms with Gasteiger partial charge in [0.25, 0.3) is 0 Å². The zero-order chi connectivity index (χ0) is 12.1. The van der Waals surface area contributed by atoms with Gasteiger partial charge in [0.1, 0.15) is 0 Å². The Morgan fingerprint density at radius 2 is 2.12 bits per heavy atom. The maximum Gasteiger partial charge on any atom is 0.307 e. The molecule has 2 fully saturated rings. The van der Waals surface area contributed by atoms with Gasteiger partial charge in [-0.1, -0.05) is 42.2 Å². The predicted molar refractivity (Wildman–Crippen MR) is 60.8 cm³/mol. The lowest BCUT2D eigenvalue weighted by Gasteiger charge is -1.98. The second-order valence-electron chi connectivity index (χ2n) is 4.98. The summed E-state index contributed by atoms with van der Waals surface area (Å²) in [6.45, 7) is 3.79. The van der Waals surface area contributed by atoms with Gasteiger partial charge in [0.05, 0.1) is 5.92 Å². The van der Waals surface area contributed by atoms with Gasteiger partial charge in [-0.2, -0.15) is 0 Å². The van der Waals surface area contributed by atoms with Gasteiger partial charge in [-0.05, 0) is 5.41 Å². The number of oxime groups is 1. The van der Waals surface area contributed by atoms with Crippen LogP contribution in [0.15, 0.2) is 5.16 Å². The lowest BCUT2D eigenvalue weighted by Crippen LogP contribution is -2.03. The fourth-order valence-electron chi connectivity index (χ4n) is 1.90. The molecule has 16 heavy (non-hydrogen) atoms. The van der Waals surface area contributed by atoms with E-state index in [0.717, 1.165) is 0 Å². The highest BCUT2D eigenvalue weighted by Crippen LogP contribution is 2.57. The monoisotopic (exact) mass is 265 g/mol. The fraction of sp³-hybridized carbons (Fsp3) is 0.800. The van der Waals surface area contributed by atoms with Crippen molar-refractivity contribution in [2.45, 2.75) is 30.7 Å². The number of rotatable bonds is 4. The van der Waals surface area contributed by atoms with Gasteiger partial charge in [-0.25, -0.2) is 0 Å². The van der Waals surface area contributed by atoms with Crippen molar-refractivity contribution in [3.05, 3.63) is 0 Å². The summed E-state index contributed by atoms with van der Waals surface area (Å²) in [6, 6.07) is 0. The summed E-state index contributed by atoms with van der Waals surface area (Å²) in [4.78, 5) is 15.9. The summed E-state index contributed by atoms with van der Waals surface area (Å²) in [5.74, 6) is -1.25. The minimum absolute atomic E-state index is 0.0798. The molecule has 2 saturated carbocycles. The van der Waals surface area contributed by atoms with E-state index in [-0.39, 0.29) is 23.4 Å². The molecule has 6 heteroatoms. The van der Waals surface area contributed by atoms with Crippen LogP contribution in [0.25, 0.3) is 0 Å². The number of carboxylic acids is 1. The molecule has 0 aromatic heterocycles. The van der Waals surface area contributed by atoms with Gasteiger partial charge in [0.15, 0.2) is 10.4 Å². The quantitative estimate of drug-likeness (QED) is 0.482. The van der Waals surface area contributed by atoms with Gasteiger partial charge in [-0.3, -0.25) is 4.79 Å². The van der Waals surface area contributed by atoms with Crippen LogP contribution in [-0.4, -0.2) is 27.7 Å². The molecular formula is C10H13Cl2NO3. The highest BCUT2D eigenvalue weighted by molar-refractivity contribution is 6.51. The molecule has 0 saturated heterocycles. The third-order valence-corrected chi connectivity index (χ3v) is 4.15. The predicted octanol–water partition coefficient (Wildman–Crippen LogP) is 2.29. The van der Waals surface area contributed by atoms with Crippen LogP contribution >= 0.6 is 23.2 Å². The van der Waals surface area contributed by atoms with E-state index in [1.54, 1.807) is 6.21 Å². The minimum Gasteiger partial charge on any atom is -0.481 e. The Bertz CT molecular complexity index is 354. The van der Waals surface area contributed by atoms with Crippen LogP contribution in [-0.2, 0) is 9.63 Å². The maximum absolute atomic E-state index is 10.9. The first-order valence-corrected chi connectivity index (χ1v) is 5.82. The molecule has 0 heterocycles. The van der Waals surface area contributed by atoms with Crippen LogP contribution in [0.2, 0.25) is 0 Å². The third-order valence-electron chi connectivity index (χ3n) is 3.35. The standard InChI is InChI=1S/C10H13Cl2NO3/c1-9(2)5(7(9)8(14)15)4-13-16-6-3-10(6,11)12/h4-7H,3H2,1-2H3,(H,14,15)/t5?,6?,7-/m0/s1. The van der Waals surface area contributed by atoms with E-state index in [9.17, 15) is 4.79 Å². The third kappa shape index (κ3) is 2.00. The van der Waals surface area contributed by atoms with Crippen molar-refractivity contribution >= 4 is 35.4 Å². The first kappa shape index (κ1) is 12.0. The molecule has 4 nitrogen and oxygen atoms in total. The van der Waals surface area contributed by atoms with Crippen LogP contribution in [0, 0.1) is 17.3 Å². The number of hydrogen-bond donors (Lipinski definition) is 1. The van der Waals surface area contributed by atoms with E-state index in [4.69, 9.17) is 33.1 Å². The molecule has 0 radical (unpaired) electrons. The molecular weight excluding hydrogens is 253 g/mol. The van der Waals surface area contributed by atoms with E-state index >= 15 is 0 Å². The van der Waals surface area contributed by atoms with Crippen molar-refractivity contribution < 1.29 is 14.7 Å². The SMILES string of the molecule is CC1(C)C(C=NOC2CC2(Cl)Cl)[C@H]1C(=O)O. The Kier molecular flexibility index (Phi) is 2.63. The summed E-state index contributed by atoms with van der Waals surface area (Å²) in [5, 5.41) is 12.7.